The highest BCUT2D eigenvalue weighted by atomic mass is 16.3. The van der Waals surface area contributed by atoms with E-state index in [-0.39, 0.29) is 18.2 Å². The molecule has 0 spiro atoms. The van der Waals surface area contributed by atoms with Crippen molar-refractivity contribution in [3.05, 3.63) is 24.2 Å². The predicted molar refractivity (Wildman–Crippen MR) is 65.6 cm³/mol. The van der Waals surface area contributed by atoms with Crippen molar-refractivity contribution in [1.82, 2.24) is 10.2 Å². The summed E-state index contributed by atoms with van der Waals surface area (Å²) in [6, 6.07) is 3.55. The van der Waals surface area contributed by atoms with Gasteiger partial charge in [-0.3, -0.25) is 9.59 Å². The molecule has 1 aliphatic rings. The van der Waals surface area contributed by atoms with Gasteiger partial charge in [0.2, 0.25) is 11.8 Å². The molecule has 1 aromatic heterocycles. The summed E-state index contributed by atoms with van der Waals surface area (Å²) >= 11 is 0. The van der Waals surface area contributed by atoms with E-state index in [0.29, 0.717) is 12.3 Å². The largest absolute Gasteiger partial charge is 0.467 e. The molecule has 0 radical (unpaired) electrons. The van der Waals surface area contributed by atoms with E-state index in [4.69, 9.17) is 4.42 Å². The van der Waals surface area contributed by atoms with E-state index in [0.717, 1.165) is 25.9 Å². The Balaban J connectivity index is 1.71. The molecular weight excluding hydrogens is 232 g/mol. The molecule has 5 nitrogen and oxygen atoms in total. The Morgan fingerprint density at radius 3 is 2.72 bits per heavy atom. The molecule has 18 heavy (non-hydrogen) atoms. The normalized spacial score (nSPS) is 15.4. The fraction of sp³-hybridized carbons (Fsp3) is 0.538. The van der Waals surface area contributed by atoms with E-state index < -0.39 is 0 Å². The molecule has 1 N–H and O–H groups in total. The number of hydrogen-bond donors (Lipinski definition) is 1. The second kappa shape index (κ2) is 6.23. The Morgan fingerprint density at radius 2 is 2.06 bits per heavy atom. The van der Waals surface area contributed by atoms with Crippen LogP contribution in [0.2, 0.25) is 0 Å². The molecule has 0 aliphatic carbocycles. The van der Waals surface area contributed by atoms with Gasteiger partial charge in [-0.25, -0.2) is 0 Å². The third kappa shape index (κ3) is 3.61. The lowest BCUT2D eigenvalue weighted by atomic mass is 10.1. The summed E-state index contributed by atoms with van der Waals surface area (Å²) in [6.07, 6.45) is 4.75. The summed E-state index contributed by atoms with van der Waals surface area (Å²) in [6.45, 7) is 1.90. The van der Waals surface area contributed by atoms with Gasteiger partial charge in [-0.2, -0.15) is 0 Å². The minimum atomic E-state index is -0.248. The predicted octanol–water partition coefficient (Wildman–Crippen LogP) is 1.30. The molecule has 0 bridgehead atoms. The van der Waals surface area contributed by atoms with E-state index in [1.54, 1.807) is 23.3 Å². The maximum absolute atomic E-state index is 11.8. The van der Waals surface area contributed by atoms with Gasteiger partial charge >= 0.3 is 0 Å². The van der Waals surface area contributed by atoms with Gasteiger partial charge in [0.05, 0.1) is 12.8 Å². The number of rotatable bonds is 4. The van der Waals surface area contributed by atoms with Gasteiger partial charge in [0.15, 0.2) is 0 Å². The van der Waals surface area contributed by atoms with E-state index in [1.807, 2.05) is 0 Å². The van der Waals surface area contributed by atoms with Crippen molar-refractivity contribution in [2.75, 3.05) is 13.1 Å². The maximum Gasteiger partial charge on any atom is 0.232 e. The van der Waals surface area contributed by atoms with Crippen molar-refractivity contribution in [1.29, 1.82) is 0 Å². The number of nitrogens with one attached hydrogen (secondary N) is 1. The highest BCUT2D eigenvalue weighted by Gasteiger charge is 2.19. The number of nitrogens with zero attached hydrogens (tertiary/aromatic N) is 1. The second-order valence-electron chi connectivity index (χ2n) is 4.47. The fourth-order valence-corrected chi connectivity index (χ4v) is 2.05. The highest BCUT2D eigenvalue weighted by molar-refractivity contribution is 5.96. The van der Waals surface area contributed by atoms with Crippen LogP contribution < -0.4 is 5.32 Å². The molecule has 98 valence electrons. The zero-order valence-electron chi connectivity index (χ0n) is 10.4. The first-order chi connectivity index (χ1) is 8.75. The van der Waals surface area contributed by atoms with Crippen molar-refractivity contribution >= 4 is 11.8 Å². The van der Waals surface area contributed by atoms with Gasteiger partial charge < -0.3 is 14.6 Å². The smallest absolute Gasteiger partial charge is 0.232 e. The molecule has 0 atom stereocenters. The first-order valence-corrected chi connectivity index (χ1v) is 6.32. The standard InChI is InChI=1S/C13H18N2O3/c16-12(14-10-11-5-4-8-18-11)9-13(17)15-6-2-1-3-7-15/h4-5,8H,1-3,6-7,9-10H2,(H,14,16). The number of furan rings is 1. The Morgan fingerprint density at radius 1 is 1.28 bits per heavy atom. The molecule has 1 saturated heterocycles. The molecule has 0 saturated carbocycles. The monoisotopic (exact) mass is 250 g/mol. The van der Waals surface area contributed by atoms with E-state index in [1.165, 1.54) is 6.42 Å². The second-order valence-corrected chi connectivity index (χ2v) is 4.47. The highest BCUT2D eigenvalue weighted by Crippen LogP contribution is 2.09. The molecule has 1 aromatic rings. The summed E-state index contributed by atoms with van der Waals surface area (Å²) in [5, 5.41) is 2.67. The Hall–Kier alpha value is -1.78. The van der Waals surface area contributed by atoms with Gasteiger partial charge in [-0.1, -0.05) is 0 Å². The van der Waals surface area contributed by atoms with Crippen LogP contribution in [0.25, 0.3) is 0 Å². The van der Waals surface area contributed by atoms with Crippen molar-refractivity contribution in [3.63, 3.8) is 0 Å². The van der Waals surface area contributed by atoms with Crippen molar-refractivity contribution in [3.8, 4) is 0 Å². The Kier molecular flexibility index (Phi) is 4.39. The van der Waals surface area contributed by atoms with Gasteiger partial charge in [0.1, 0.15) is 12.2 Å². The minimum Gasteiger partial charge on any atom is -0.467 e. The van der Waals surface area contributed by atoms with E-state index in [9.17, 15) is 9.59 Å². The van der Waals surface area contributed by atoms with Gasteiger partial charge in [0.25, 0.3) is 0 Å². The van der Waals surface area contributed by atoms with Crippen molar-refractivity contribution < 1.29 is 14.0 Å². The maximum atomic E-state index is 11.8. The van der Waals surface area contributed by atoms with Gasteiger partial charge in [-0.05, 0) is 31.4 Å². The quantitative estimate of drug-likeness (QED) is 0.819. The molecule has 1 aliphatic heterocycles. The number of amides is 2. The van der Waals surface area contributed by atoms with Gasteiger partial charge in [-0.15, -0.1) is 0 Å². The molecule has 5 heteroatoms. The van der Waals surface area contributed by atoms with Crippen LogP contribution in [0.3, 0.4) is 0 Å². The molecular formula is C13H18N2O3. The number of hydrogen-bond acceptors (Lipinski definition) is 3. The Bertz CT molecular complexity index is 394. The lowest BCUT2D eigenvalue weighted by Gasteiger charge is -2.26. The van der Waals surface area contributed by atoms with E-state index >= 15 is 0 Å². The van der Waals surface area contributed by atoms with Crippen molar-refractivity contribution in [2.24, 2.45) is 0 Å². The zero-order valence-corrected chi connectivity index (χ0v) is 10.4. The number of carbonyl (C=O) groups is 2. The summed E-state index contributed by atoms with van der Waals surface area (Å²) in [7, 11) is 0. The summed E-state index contributed by atoms with van der Waals surface area (Å²) in [5.74, 6) is 0.363. The van der Waals surface area contributed by atoms with Crippen LogP contribution in [0.5, 0.6) is 0 Å². The lowest BCUT2D eigenvalue weighted by Crippen LogP contribution is -2.38. The molecule has 1 fully saturated rings. The topological polar surface area (TPSA) is 62.6 Å². The number of piperidine rings is 1. The average Bonchev–Trinajstić information content (AvgIpc) is 2.90. The SMILES string of the molecule is O=C(CC(=O)N1CCCCC1)NCc1ccco1. The first kappa shape index (κ1) is 12.7. The minimum absolute atomic E-state index is 0.0687. The van der Waals surface area contributed by atoms with Crippen LogP contribution >= 0.6 is 0 Å². The third-order valence-electron chi connectivity index (χ3n) is 3.06. The van der Waals surface area contributed by atoms with Crippen LogP contribution in [0.1, 0.15) is 31.4 Å². The molecule has 2 amide bonds. The zero-order chi connectivity index (χ0) is 12.8. The van der Waals surface area contributed by atoms with Crippen LogP contribution in [-0.2, 0) is 16.1 Å². The first-order valence-electron chi connectivity index (χ1n) is 6.32. The van der Waals surface area contributed by atoms with Crippen LogP contribution in [0.15, 0.2) is 22.8 Å². The van der Waals surface area contributed by atoms with E-state index in [2.05, 4.69) is 5.32 Å². The summed E-state index contributed by atoms with van der Waals surface area (Å²) in [5.41, 5.74) is 0. The molecule has 2 rings (SSSR count). The molecule has 0 aromatic carbocycles. The van der Waals surface area contributed by atoms with Crippen LogP contribution in [0, 0.1) is 0 Å². The molecule has 2 heterocycles. The van der Waals surface area contributed by atoms with Crippen LogP contribution in [0.4, 0.5) is 0 Å². The fourth-order valence-electron chi connectivity index (χ4n) is 2.05. The molecule has 0 unspecified atom stereocenters. The third-order valence-corrected chi connectivity index (χ3v) is 3.06. The summed E-state index contributed by atoms with van der Waals surface area (Å²) < 4.78 is 5.10. The summed E-state index contributed by atoms with van der Waals surface area (Å²) in [4.78, 5) is 25.2. The van der Waals surface area contributed by atoms with Crippen molar-refractivity contribution in [2.45, 2.75) is 32.2 Å². The van der Waals surface area contributed by atoms with Crippen LogP contribution in [-0.4, -0.2) is 29.8 Å². The number of likely N-dealkylation sites (tertiary alicyclic amines) is 1. The lowest BCUT2D eigenvalue weighted by molar-refractivity contribution is -0.136. The van der Waals surface area contributed by atoms with Gasteiger partial charge in [0, 0.05) is 13.1 Å². The average molecular weight is 250 g/mol. The Labute approximate surface area is 106 Å². The number of carbonyl (C=O) groups excluding carboxylic acids is 2.